The minimum Gasteiger partial charge on any atom is -0.466 e. The van der Waals surface area contributed by atoms with E-state index in [4.69, 9.17) is 4.74 Å². The number of pyridine rings is 1. The molecule has 0 spiro atoms. The number of aromatic nitrogens is 1. The zero-order valence-corrected chi connectivity index (χ0v) is 11.1. The SMILES string of the molecule is CCOC(=O)Cc1cc(C(F)F)c(C)nc1Br. The molecule has 0 saturated carbocycles. The highest BCUT2D eigenvalue weighted by molar-refractivity contribution is 9.10. The van der Waals surface area contributed by atoms with Gasteiger partial charge in [0.05, 0.1) is 13.0 Å². The lowest BCUT2D eigenvalue weighted by Gasteiger charge is -2.09. The molecule has 6 heteroatoms. The summed E-state index contributed by atoms with van der Waals surface area (Å²) in [6, 6.07) is 1.29. The van der Waals surface area contributed by atoms with Gasteiger partial charge in [-0.3, -0.25) is 4.79 Å². The Morgan fingerprint density at radius 3 is 2.76 bits per heavy atom. The molecule has 94 valence electrons. The molecule has 17 heavy (non-hydrogen) atoms. The Labute approximate surface area is 106 Å². The molecule has 1 heterocycles. The van der Waals surface area contributed by atoms with Gasteiger partial charge in [0.25, 0.3) is 6.43 Å². The summed E-state index contributed by atoms with van der Waals surface area (Å²) in [5.74, 6) is -0.459. The van der Waals surface area contributed by atoms with Crippen molar-refractivity contribution in [3.63, 3.8) is 0 Å². The molecule has 0 radical (unpaired) electrons. The predicted octanol–water partition coefficient (Wildman–Crippen LogP) is 3.20. The molecule has 1 aromatic rings. The molecule has 0 atom stereocenters. The summed E-state index contributed by atoms with van der Waals surface area (Å²) in [7, 11) is 0. The fourth-order valence-corrected chi connectivity index (χ4v) is 1.87. The van der Waals surface area contributed by atoms with E-state index in [1.807, 2.05) is 0 Å². The molecular weight excluding hydrogens is 296 g/mol. The van der Waals surface area contributed by atoms with Crippen molar-refractivity contribution in [3.8, 4) is 0 Å². The summed E-state index contributed by atoms with van der Waals surface area (Å²) in [4.78, 5) is 15.2. The maximum absolute atomic E-state index is 12.7. The number of hydrogen-bond donors (Lipinski definition) is 0. The molecule has 3 nitrogen and oxygen atoms in total. The Kier molecular flexibility index (Phi) is 4.99. The number of alkyl halides is 2. The van der Waals surface area contributed by atoms with Gasteiger partial charge in [-0.25, -0.2) is 13.8 Å². The molecule has 0 aliphatic heterocycles. The van der Waals surface area contributed by atoms with Gasteiger partial charge in [0, 0.05) is 11.3 Å². The monoisotopic (exact) mass is 307 g/mol. The molecule has 0 amide bonds. The van der Waals surface area contributed by atoms with Crippen LogP contribution >= 0.6 is 15.9 Å². The van der Waals surface area contributed by atoms with Crippen molar-refractivity contribution in [3.05, 3.63) is 27.5 Å². The van der Waals surface area contributed by atoms with Crippen LogP contribution in [0.15, 0.2) is 10.7 Å². The van der Waals surface area contributed by atoms with Crippen LogP contribution in [0.3, 0.4) is 0 Å². The number of esters is 1. The quantitative estimate of drug-likeness (QED) is 0.633. The Morgan fingerprint density at radius 1 is 1.59 bits per heavy atom. The van der Waals surface area contributed by atoms with E-state index >= 15 is 0 Å². The van der Waals surface area contributed by atoms with E-state index in [0.29, 0.717) is 10.2 Å². The second kappa shape index (κ2) is 6.05. The minimum atomic E-state index is -2.60. The lowest BCUT2D eigenvalue weighted by atomic mass is 10.1. The van der Waals surface area contributed by atoms with Crippen molar-refractivity contribution < 1.29 is 18.3 Å². The highest BCUT2D eigenvalue weighted by atomic mass is 79.9. The fraction of sp³-hybridized carbons (Fsp3) is 0.455. The summed E-state index contributed by atoms with van der Waals surface area (Å²) >= 11 is 3.15. The van der Waals surface area contributed by atoms with Crippen molar-refractivity contribution >= 4 is 21.9 Å². The summed E-state index contributed by atoms with van der Waals surface area (Å²) in [6.07, 6.45) is -2.67. The average molecular weight is 308 g/mol. The minimum absolute atomic E-state index is 0.0680. The number of hydrogen-bond acceptors (Lipinski definition) is 3. The Morgan fingerprint density at radius 2 is 2.24 bits per heavy atom. The van der Waals surface area contributed by atoms with Gasteiger partial charge >= 0.3 is 5.97 Å². The van der Waals surface area contributed by atoms with Crippen LogP contribution in [0.4, 0.5) is 8.78 Å². The number of nitrogens with zero attached hydrogens (tertiary/aromatic N) is 1. The first-order valence-corrected chi connectivity index (χ1v) is 5.84. The zero-order valence-electron chi connectivity index (χ0n) is 9.47. The van der Waals surface area contributed by atoms with Crippen LogP contribution in [0.1, 0.15) is 30.2 Å². The van der Waals surface area contributed by atoms with E-state index in [9.17, 15) is 13.6 Å². The predicted molar refractivity (Wildman–Crippen MR) is 62.0 cm³/mol. The number of ether oxygens (including phenoxy) is 1. The van der Waals surface area contributed by atoms with E-state index < -0.39 is 12.4 Å². The third kappa shape index (κ3) is 3.73. The average Bonchev–Trinajstić information content (AvgIpc) is 2.21. The van der Waals surface area contributed by atoms with Crippen molar-refractivity contribution in [1.82, 2.24) is 4.98 Å². The van der Waals surface area contributed by atoms with Crippen LogP contribution in [0, 0.1) is 6.92 Å². The van der Waals surface area contributed by atoms with Crippen molar-refractivity contribution in [2.24, 2.45) is 0 Å². The molecule has 0 aromatic carbocycles. The molecule has 0 aliphatic carbocycles. The summed E-state index contributed by atoms with van der Waals surface area (Å²) in [5.41, 5.74) is 0.497. The first-order valence-electron chi connectivity index (χ1n) is 5.05. The van der Waals surface area contributed by atoms with Crippen LogP contribution in [-0.4, -0.2) is 17.6 Å². The third-order valence-corrected chi connectivity index (χ3v) is 2.84. The van der Waals surface area contributed by atoms with Crippen LogP contribution in [0.2, 0.25) is 0 Å². The number of aryl methyl sites for hydroxylation is 1. The smallest absolute Gasteiger partial charge is 0.310 e. The molecule has 0 saturated heterocycles. The third-order valence-electron chi connectivity index (χ3n) is 2.15. The molecule has 0 fully saturated rings. The normalized spacial score (nSPS) is 10.7. The number of carbonyl (C=O) groups excluding carboxylic acids is 1. The lowest BCUT2D eigenvalue weighted by molar-refractivity contribution is -0.142. The second-order valence-electron chi connectivity index (χ2n) is 3.40. The molecule has 0 bridgehead atoms. The molecular formula is C11H12BrF2NO2. The number of rotatable bonds is 4. The summed E-state index contributed by atoms with van der Waals surface area (Å²) < 4.78 is 30.5. The van der Waals surface area contributed by atoms with Gasteiger partial charge < -0.3 is 4.74 Å². The summed E-state index contributed by atoms with van der Waals surface area (Å²) in [6.45, 7) is 3.45. The van der Waals surface area contributed by atoms with Crippen LogP contribution < -0.4 is 0 Å². The lowest BCUT2D eigenvalue weighted by Crippen LogP contribution is -2.09. The first kappa shape index (κ1) is 14.0. The molecule has 1 rings (SSSR count). The van der Waals surface area contributed by atoms with E-state index in [-0.39, 0.29) is 24.3 Å². The Balaban J connectivity index is 2.99. The van der Waals surface area contributed by atoms with E-state index in [2.05, 4.69) is 20.9 Å². The fourth-order valence-electron chi connectivity index (χ4n) is 1.35. The zero-order chi connectivity index (χ0) is 13.0. The van der Waals surface area contributed by atoms with Crippen LogP contribution in [0.25, 0.3) is 0 Å². The Hall–Kier alpha value is -1.04. The van der Waals surface area contributed by atoms with Crippen LogP contribution in [0.5, 0.6) is 0 Å². The van der Waals surface area contributed by atoms with Gasteiger partial charge in [0.2, 0.25) is 0 Å². The Bertz CT molecular complexity index is 424. The van der Waals surface area contributed by atoms with E-state index in [1.165, 1.54) is 13.0 Å². The van der Waals surface area contributed by atoms with Gasteiger partial charge in [-0.1, -0.05) is 0 Å². The van der Waals surface area contributed by atoms with E-state index in [0.717, 1.165) is 0 Å². The maximum atomic E-state index is 12.7. The van der Waals surface area contributed by atoms with Gasteiger partial charge in [-0.15, -0.1) is 0 Å². The van der Waals surface area contributed by atoms with Gasteiger partial charge in [-0.2, -0.15) is 0 Å². The standard InChI is InChI=1S/C11H12BrF2NO2/c1-3-17-9(16)5-7-4-8(11(13)14)6(2)15-10(7)12/h4,11H,3,5H2,1-2H3. The highest BCUT2D eigenvalue weighted by Gasteiger charge is 2.16. The molecule has 0 N–H and O–H groups in total. The van der Waals surface area contributed by atoms with Crippen molar-refractivity contribution in [1.29, 1.82) is 0 Å². The largest absolute Gasteiger partial charge is 0.466 e. The highest BCUT2D eigenvalue weighted by Crippen LogP contribution is 2.26. The number of carbonyl (C=O) groups is 1. The second-order valence-corrected chi connectivity index (χ2v) is 4.15. The van der Waals surface area contributed by atoms with Gasteiger partial charge in [0.15, 0.2) is 0 Å². The maximum Gasteiger partial charge on any atom is 0.310 e. The van der Waals surface area contributed by atoms with Crippen molar-refractivity contribution in [2.75, 3.05) is 6.61 Å². The van der Waals surface area contributed by atoms with Gasteiger partial charge in [0.1, 0.15) is 4.60 Å². The molecule has 1 aromatic heterocycles. The molecule has 0 aliphatic rings. The molecule has 0 unspecified atom stereocenters. The van der Waals surface area contributed by atoms with E-state index in [1.54, 1.807) is 6.92 Å². The van der Waals surface area contributed by atoms with Crippen LogP contribution in [-0.2, 0) is 16.0 Å². The summed E-state index contributed by atoms with van der Waals surface area (Å²) in [5, 5.41) is 0. The first-order chi connectivity index (χ1) is 7.95. The topological polar surface area (TPSA) is 39.2 Å². The van der Waals surface area contributed by atoms with Crippen molar-refractivity contribution in [2.45, 2.75) is 26.7 Å². The number of halogens is 3. The van der Waals surface area contributed by atoms with Gasteiger partial charge in [-0.05, 0) is 41.4 Å².